The molecule has 2 aromatic carbocycles. The van der Waals surface area contributed by atoms with Gasteiger partial charge in [0.15, 0.2) is 5.13 Å². The van der Waals surface area contributed by atoms with Crippen LogP contribution in [0.5, 0.6) is 5.75 Å². The highest BCUT2D eigenvalue weighted by atomic mass is 32.1. The number of methoxy groups -OCH3 is 1. The molecule has 2 amide bonds. The second-order valence-electron chi connectivity index (χ2n) is 7.04. The highest BCUT2D eigenvalue weighted by Gasteiger charge is 2.29. The summed E-state index contributed by atoms with van der Waals surface area (Å²) >= 11 is 1.36. The minimum atomic E-state index is -0.248. The monoisotopic (exact) mass is 407 g/mol. The average Bonchev–Trinajstić information content (AvgIpc) is 3.48. The maximum absolute atomic E-state index is 12.5. The molecule has 0 saturated heterocycles. The number of carbonyl (C=O) groups is 2. The zero-order valence-corrected chi connectivity index (χ0v) is 17.0. The summed E-state index contributed by atoms with van der Waals surface area (Å²) in [7, 11) is 1.62. The Morgan fingerprint density at radius 3 is 2.55 bits per heavy atom. The number of rotatable bonds is 6. The number of carbonyl (C=O) groups excluding carboxylic acids is 2. The Labute approximate surface area is 172 Å². The lowest BCUT2D eigenvalue weighted by atomic mass is 10.1. The van der Waals surface area contributed by atoms with E-state index in [2.05, 4.69) is 15.6 Å². The lowest BCUT2D eigenvalue weighted by molar-refractivity contribution is -0.117. The number of hydrogen-bond acceptors (Lipinski definition) is 5. The second-order valence-corrected chi connectivity index (χ2v) is 7.89. The lowest BCUT2D eigenvalue weighted by Gasteiger charge is -2.07. The van der Waals surface area contributed by atoms with Crippen LogP contribution in [-0.2, 0) is 4.79 Å². The number of nitrogens with zero attached hydrogens (tertiary/aromatic N) is 1. The maximum atomic E-state index is 12.5. The Morgan fingerprint density at radius 2 is 1.86 bits per heavy atom. The van der Waals surface area contributed by atoms with E-state index in [0.29, 0.717) is 16.4 Å². The largest absolute Gasteiger partial charge is 0.496 e. The van der Waals surface area contributed by atoms with Crippen molar-refractivity contribution in [2.24, 2.45) is 5.92 Å². The molecule has 0 bridgehead atoms. The standard InChI is InChI=1S/C22H21N3O3S/c1-13-3-10-19(28-2)17(11-13)18-12-29-22(24-18)25-21(27)15-6-8-16(9-7-15)23-20(26)14-4-5-14/h3,6-12,14H,4-5H2,1-2H3,(H,23,26)(H,24,25,27). The maximum Gasteiger partial charge on any atom is 0.257 e. The van der Waals surface area contributed by atoms with Crippen LogP contribution in [-0.4, -0.2) is 23.9 Å². The van der Waals surface area contributed by atoms with Crippen molar-refractivity contribution in [3.63, 3.8) is 0 Å². The van der Waals surface area contributed by atoms with Crippen LogP contribution < -0.4 is 15.4 Å². The molecule has 3 aromatic rings. The summed E-state index contributed by atoms with van der Waals surface area (Å²) in [5.41, 5.74) is 3.94. The molecule has 148 valence electrons. The van der Waals surface area contributed by atoms with E-state index in [1.165, 1.54) is 11.3 Å². The van der Waals surface area contributed by atoms with Crippen LogP contribution in [0, 0.1) is 12.8 Å². The molecule has 0 atom stereocenters. The highest BCUT2D eigenvalue weighted by Crippen LogP contribution is 2.33. The van der Waals surface area contributed by atoms with Crippen molar-refractivity contribution in [3.05, 3.63) is 59.0 Å². The van der Waals surface area contributed by atoms with Crippen LogP contribution in [0.1, 0.15) is 28.8 Å². The van der Waals surface area contributed by atoms with Crippen LogP contribution in [0.15, 0.2) is 47.8 Å². The zero-order valence-electron chi connectivity index (χ0n) is 16.2. The summed E-state index contributed by atoms with van der Waals surface area (Å²) < 4.78 is 5.42. The van der Waals surface area contributed by atoms with E-state index >= 15 is 0 Å². The quantitative estimate of drug-likeness (QED) is 0.619. The summed E-state index contributed by atoms with van der Waals surface area (Å²) in [5, 5.41) is 8.10. The number of thiazole rings is 1. The summed E-state index contributed by atoms with van der Waals surface area (Å²) in [6, 6.07) is 12.8. The van der Waals surface area contributed by atoms with Crippen molar-refractivity contribution in [1.82, 2.24) is 4.98 Å². The van der Waals surface area contributed by atoms with Crippen LogP contribution in [0.2, 0.25) is 0 Å². The third-order valence-corrected chi connectivity index (χ3v) is 5.48. The first-order valence-corrected chi connectivity index (χ1v) is 10.2. The Morgan fingerprint density at radius 1 is 1.10 bits per heavy atom. The van der Waals surface area contributed by atoms with E-state index in [-0.39, 0.29) is 17.7 Å². The Kier molecular flexibility index (Phi) is 5.31. The molecule has 6 nitrogen and oxygen atoms in total. The van der Waals surface area contributed by atoms with Gasteiger partial charge in [-0.15, -0.1) is 11.3 Å². The molecule has 0 aliphatic heterocycles. The van der Waals surface area contributed by atoms with Gasteiger partial charge < -0.3 is 10.1 Å². The molecule has 0 unspecified atom stereocenters. The first-order chi connectivity index (χ1) is 14.0. The Hall–Kier alpha value is -3.19. The van der Waals surface area contributed by atoms with Crippen LogP contribution in [0.25, 0.3) is 11.3 Å². The van der Waals surface area contributed by atoms with Gasteiger partial charge in [0, 0.05) is 28.1 Å². The van der Waals surface area contributed by atoms with Gasteiger partial charge in [0.1, 0.15) is 5.75 Å². The molecule has 1 aromatic heterocycles. The lowest BCUT2D eigenvalue weighted by Crippen LogP contribution is -2.14. The van der Waals surface area contributed by atoms with Gasteiger partial charge in [-0.2, -0.15) is 0 Å². The third-order valence-electron chi connectivity index (χ3n) is 4.72. The minimum Gasteiger partial charge on any atom is -0.496 e. The van der Waals surface area contributed by atoms with Crippen molar-refractivity contribution < 1.29 is 14.3 Å². The van der Waals surface area contributed by atoms with E-state index < -0.39 is 0 Å². The van der Waals surface area contributed by atoms with Crippen molar-refractivity contribution in [3.8, 4) is 17.0 Å². The fourth-order valence-electron chi connectivity index (χ4n) is 2.94. The molecule has 4 rings (SSSR count). The van der Waals surface area contributed by atoms with Gasteiger partial charge in [-0.3, -0.25) is 14.9 Å². The number of nitrogens with one attached hydrogen (secondary N) is 2. The number of aromatic nitrogens is 1. The molecule has 0 radical (unpaired) electrons. The van der Waals surface area contributed by atoms with Gasteiger partial charge in [0.05, 0.1) is 12.8 Å². The predicted molar refractivity (Wildman–Crippen MR) is 115 cm³/mol. The molecule has 2 N–H and O–H groups in total. The van der Waals surface area contributed by atoms with Crippen LogP contribution in [0.4, 0.5) is 10.8 Å². The van der Waals surface area contributed by atoms with Crippen molar-refractivity contribution in [2.75, 3.05) is 17.7 Å². The summed E-state index contributed by atoms with van der Waals surface area (Å²) in [4.78, 5) is 28.9. The number of benzene rings is 2. The summed E-state index contributed by atoms with van der Waals surface area (Å²) in [6.45, 7) is 2.01. The van der Waals surface area contributed by atoms with Crippen molar-refractivity contribution in [2.45, 2.75) is 19.8 Å². The SMILES string of the molecule is COc1ccc(C)cc1-c1csc(NC(=O)c2ccc(NC(=O)C3CC3)cc2)n1. The number of ether oxygens (including phenoxy) is 1. The van der Waals surface area contributed by atoms with E-state index in [1.54, 1.807) is 31.4 Å². The molecule has 0 spiro atoms. The summed E-state index contributed by atoms with van der Waals surface area (Å²) in [6.07, 6.45) is 1.91. The van der Waals surface area contributed by atoms with Crippen molar-refractivity contribution >= 4 is 34.0 Å². The van der Waals surface area contributed by atoms with Crippen LogP contribution >= 0.6 is 11.3 Å². The normalized spacial score (nSPS) is 13.0. The predicted octanol–water partition coefficient (Wildman–Crippen LogP) is 4.73. The summed E-state index contributed by atoms with van der Waals surface area (Å²) in [5.74, 6) is 0.679. The molecule has 1 aliphatic carbocycles. The second kappa shape index (κ2) is 8.05. The van der Waals surface area contributed by atoms with Crippen molar-refractivity contribution in [1.29, 1.82) is 0 Å². The Bertz CT molecular complexity index is 1060. The highest BCUT2D eigenvalue weighted by molar-refractivity contribution is 7.14. The number of aryl methyl sites for hydroxylation is 1. The molecule has 1 fully saturated rings. The minimum absolute atomic E-state index is 0.0455. The topological polar surface area (TPSA) is 80.3 Å². The number of amides is 2. The number of hydrogen-bond donors (Lipinski definition) is 2. The fourth-order valence-corrected chi connectivity index (χ4v) is 3.65. The van der Waals surface area contributed by atoms with Gasteiger partial charge in [-0.25, -0.2) is 4.98 Å². The van der Waals surface area contributed by atoms with Gasteiger partial charge in [-0.05, 0) is 56.2 Å². The Balaban J connectivity index is 1.44. The average molecular weight is 407 g/mol. The van der Waals surface area contributed by atoms with E-state index in [9.17, 15) is 9.59 Å². The first kappa shape index (κ1) is 19.1. The van der Waals surface area contributed by atoms with E-state index in [0.717, 1.165) is 35.4 Å². The molecular formula is C22H21N3O3S. The van der Waals surface area contributed by atoms with E-state index in [1.807, 2.05) is 30.5 Å². The molecule has 1 saturated carbocycles. The van der Waals surface area contributed by atoms with Gasteiger partial charge in [0.2, 0.25) is 5.91 Å². The number of anilines is 2. The van der Waals surface area contributed by atoms with Gasteiger partial charge >= 0.3 is 0 Å². The smallest absolute Gasteiger partial charge is 0.257 e. The molecular weight excluding hydrogens is 386 g/mol. The fraction of sp³-hybridized carbons (Fsp3) is 0.227. The molecule has 29 heavy (non-hydrogen) atoms. The molecule has 1 aliphatic rings. The molecule has 7 heteroatoms. The zero-order chi connectivity index (χ0) is 20.4. The van der Waals surface area contributed by atoms with Crippen LogP contribution in [0.3, 0.4) is 0 Å². The molecule has 1 heterocycles. The van der Waals surface area contributed by atoms with Gasteiger partial charge in [0.25, 0.3) is 5.91 Å². The first-order valence-electron chi connectivity index (χ1n) is 9.36. The van der Waals surface area contributed by atoms with E-state index in [4.69, 9.17) is 4.74 Å². The third kappa shape index (κ3) is 4.46. The van der Waals surface area contributed by atoms with Gasteiger partial charge in [-0.1, -0.05) is 11.6 Å².